The van der Waals surface area contributed by atoms with E-state index in [1.54, 1.807) is 6.26 Å². The van der Waals surface area contributed by atoms with Crippen molar-refractivity contribution in [1.29, 1.82) is 0 Å². The van der Waals surface area contributed by atoms with Gasteiger partial charge in [0.15, 0.2) is 0 Å². The molecule has 3 nitrogen and oxygen atoms in total. The number of furan rings is 1. The van der Waals surface area contributed by atoms with Gasteiger partial charge in [0, 0.05) is 20.1 Å². The first-order valence-electron chi connectivity index (χ1n) is 4.83. The average molecular weight is 190 g/mol. The Bertz CT molecular complexity index is 338. The second kappa shape index (κ2) is 4.13. The maximum Gasteiger partial charge on any atom is 0.126 e. The summed E-state index contributed by atoms with van der Waals surface area (Å²) in [6.45, 7) is 2.02. The van der Waals surface area contributed by atoms with Crippen molar-refractivity contribution in [3.8, 4) is 0 Å². The molecule has 1 aliphatic rings. The molecule has 0 bridgehead atoms. The lowest BCUT2D eigenvalue weighted by Gasteiger charge is -2.22. The highest BCUT2D eigenvalue weighted by atomic mass is 16.3. The van der Waals surface area contributed by atoms with Gasteiger partial charge in [-0.25, -0.2) is 0 Å². The van der Waals surface area contributed by atoms with Crippen LogP contribution in [0, 0.1) is 0 Å². The van der Waals surface area contributed by atoms with E-state index in [4.69, 9.17) is 4.42 Å². The second-order valence-electron chi connectivity index (χ2n) is 3.36. The van der Waals surface area contributed by atoms with Crippen molar-refractivity contribution in [1.82, 2.24) is 4.90 Å². The van der Waals surface area contributed by atoms with Crippen LogP contribution in [0.5, 0.6) is 0 Å². The Labute approximate surface area is 83.7 Å². The van der Waals surface area contributed by atoms with Gasteiger partial charge in [-0.05, 0) is 30.7 Å². The first kappa shape index (κ1) is 9.06. The van der Waals surface area contributed by atoms with E-state index in [1.165, 1.54) is 0 Å². The zero-order chi connectivity index (χ0) is 9.80. The fourth-order valence-electron chi connectivity index (χ4n) is 1.46. The van der Waals surface area contributed by atoms with Gasteiger partial charge in [0.1, 0.15) is 11.6 Å². The zero-order valence-electron chi connectivity index (χ0n) is 8.31. The largest absolute Gasteiger partial charge is 0.465 e. The highest BCUT2D eigenvalue weighted by Crippen LogP contribution is 2.06. The predicted molar refractivity (Wildman–Crippen MR) is 57.3 cm³/mol. The van der Waals surface area contributed by atoms with Gasteiger partial charge in [-0.3, -0.25) is 4.99 Å². The number of hydrogen-bond acceptors (Lipinski definition) is 3. The summed E-state index contributed by atoms with van der Waals surface area (Å²) in [6, 6.07) is 3.81. The zero-order valence-corrected chi connectivity index (χ0v) is 8.31. The molecular weight excluding hydrogens is 176 g/mol. The molecule has 1 aromatic rings. The quantitative estimate of drug-likeness (QED) is 0.714. The van der Waals surface area contributed by atoms with Crippen molar-refractivity contribution in [2.75, 3.05) is 20.1 Å². The lowest BCUT2D eigenvalue weighted by Crippen LogP contribution is -2.30. The molecule has 2 rings (SSSR count). The molecule has 0 aliphatic carbocycles. The maximum absolute atomic E-state index is 5.20. The summed E-state index contributed by atoms with van der Waals surface area (Å²) in [7, 11) is 2.06. The van der Waals surface area contributed by atoms with Gasteiger partial charge in [-0.15, -0.1) is 0 Å². The van der Waals surface area contributed by atoms with Crippen LogP contribution >= 0.6 is 0 Å². The fourth-order valence-corrected chi connectivity index (χ4v) is 1.46. The van der Waals surface area contributed by atoms with Gasteiger partial charge in [0.05, 0.1) is 6.26 Å². The standard InChI is InChI=1S/C11H14N2O/c1-13-8-3-7-12-11(13)6-5-10-4-2-9-14-10/h2,4-6,9H,3,7-8H2,1H3/b6-5+. The van der Waals surface area contributed by atoms with E-state index < -0.39 is 0 Å². The van der Waals surface area contributed by atoms with Crippen LogP contribution in [0.25, 0.3) is 6.08 Å². The Balaban J connectivity index is 2.06. The first-order valence-corrected chi connectivity index (χ1v) is 4.83. The highest BCUT2D eigenvalue weighted by Gasteiger charge is 2.06. The third kappa shape index (κ3) is 2.05. The summed E-state index contributed by atoms with van der Waals surface area (Å²) in [5.74, 6) is 1.90. The summed E-state index contributed by atoms with van der Waals surface area (Å²) in [5.41, 5.74) is 0. The lowest BCUT2D eigenvalue weighted by atomic mass is 10.3. The fraction of sp³-hybridized carbons (Fsp3) is 0.364. The molecule has 0 aromatic carbocycles. The first-order chi connectivity index (χ1) is 6.86. The Kier molecular flexibility index (Phi) is 2.68. The number of aliphatic imine (C=N–C) groups is 1. The van der Waals surface area contributed by atoms with Gasteiger partial charge >= 0.3 is 0 Å². The van der Waals surface area contributed by atoms with Crippen LogP contribution in [0.15, 0.2) is 33.9 Å². The molecule has 0 N–H and O–H groups in total. The third-order valence-electron chi connectivity index (χ3n) is 2.26. The summed E-state index contributed by atoms with van der Waals surface area (Å²) in [6.07, 6.45) is 6.76. The van der Waals surface area contributed by atoms with Crippen molar-refractivity contribution < 1.29 is 4.42 Å². The van der Waals surface area contributed by atoms with Crippen LogP contribution < -0.4 is 0 Å². The Morgan fingerprint density at radius 1 is 1.50 bits per heavy atom. The van der Waals surface area contributed by atoms with Gasteiger partial charge in [0.25, 0.3) is 0 Å². The van der Waals surface area contributed by atoms with E-state index in [0.29, 0.717) is 0 Å². The van der Waals surface area contributed by atoms with E-state index in [-0.39, 0.29) is 0 Å². The molecule has 1 aromatic heterocycles. The van der Waals surface area contributed by atoms with Gasteiger partial charge in [-0.1, -0.05) is 0 Å². The van der Waals surface area contributed by atoms with Crippen molar-refractivity contribution in [2.45, 2.75) is 6.42 Å². The topological polar surface area (TPSA) is 28.7 Å². The summed E-state index contributed by atoms with van der Waals surface area (Å²) >= 11 is 0. The number of amidine groups is 1. The molecule has 0 saturated heterocycles. The highest BCUT2D eigenvalue weighted by molar-refractivity contribution is 5.96. The van der Waals surface area contributed by atoms with Crippen LogP contribution in [0.3, 0.4) is 0 Å². The van der Waals surface area contributed by atoms with E-state index in [9.17, 15) is 0 Å². The van der Waals surface area contributed by atoms with Crippen LogP contribution in [0.1, 0.15) is 12.2 Å². The van der Waals surface area contributed by atoms with Gasteiger partial charge < -0.3 is 9.32 Å². The smallest absolute Gasteiger partial charge is 0.126 e. The van der Waals surface area contributed by atoms with Crippen molar-refractivity contribution in [3.63, 3.8) is 0 Å². The molecular formula is C11H14N2O. The minimum absolute atomic E-state index is 0.867. The third-order valence-corrected chi connectivity index (χ3v) is 2.26. The van der Waals surface area contributed by atoms with E-state index >= 15 is 0 Å². The molecule has 0 saturated carbocycles. The van der Waals surface area contributed by atoms with Crippen LogP contribution in [0.4, 0.5) is 0 Å². The monoisotopic (exact) mass is 190 g/mol. The van der Waals surface area contributed by atoms with Crippen LogP contribution in [-0.2, 0) is 0 Å². The Morgan fingerprint density at radius 3 is 3.14 bits per heavy atom. The SMILES string of the molecule is CN1CCCN=C1/C=C/c1ccco1. The lowest BCUT2D eigenvalue weighted by molar-refractivity contribution is 0.470. The number of likely N-dealkylation sites (N-methyl/N-ethyl adjacent to an activating group) is 1. The minimum atomic E-state index is 0.867. The average Bonchev–Trinajstić information content (AvgIpc) is 2.69. The van der Waals surface area contributed by atoms with Crippen molar-refractivity contribution in [3.05, 3.63) is 30.2 Å². The molecule has 14 heavy (non-hydrogen) atoms. The molecule has 0 spiro atoms. The molecule has 74 valence electrons. The summed E-state index contributed by atoms with van der Waals surface area (Å²) < 4.78 is 5.20. The number of rotatable bonds is 2. The van der Waals surface area contributed by atoms with E-state index in [2.05, 4.69) is 16.9 Å². The summed E-state index contributed by atoms with van der Waals surface area (Å²) in [5, 5.41) is 0. The van der Waals surface area contributed by atoms with Crippen molar-refractivity contribution in [2.24, 2.45) is 4.99 Å². The molecule has 0 atom stereocenters. The van der Waals surface area contributed by atoms with E-state index in [1.807, 2.05) is 24.3 Å². The number of hydrogen-bond donors (Lipinski definition) is 0. The maximum atomic E-state index is 5.20. The normalized spacial score (nSPS) is 17.5. The summed E-state index contributed by atoms with van der Waals surface area (Å²) in [4.78, 5) is 6.58. The van der Waals surface area contributed by atoms with Crippen molar-refractivity contribution >= 4 is 11.9 Å². The Hall–Kier alpha value is -1.51. The molecule has 0 radical (unpaired) electrons. The Morgan fingerprint density at radius 2 is 2.43 bits per heavy atom. The molecule has 0 fully saturated rings. The second-order valence-corrected chi connectivity index (χ2v) is 3.36. The van der Waals surface area contributed by atoms with Crippen LogP contribution in [0.2, 0.25) is 0 Å². The van der Waals surface area contributed by atoms with Gasteiger partial charge in [0.2, 0.25) is 0 Å². The molecule has 3 heteroatoms. The minimum Gasteiger partial charge on any atom is -0.465 e. The van der Waals surface area contributed by atoms with E-state index in [0.717, 1.165) is 31.1 Å². The number of nitrogens with zero attached hydrogens (tertiary/aromatic N) is 2. The van der Waals surface area contributed by atoms with Crippen LogP contribution in [-0.4, -0.2) is 30.9 Å². The predicted octanol–water partition coefficient (Wildman–Crippen LogP) is 2.03. The molecule has 2 heterocycles. The molecule has 0 amide bonds. The molecule has 1 aliphatic heterocycles. The van der Waals surface area contributed by atoms with Gasteiger partial charge in [-0.2, -0.15) is 0 Å². The molecule has 0 unspecified atom stereocenters.